The van der Waals surface area contributed by atoms with Gasteiger partial charge >= 0.3 is 0 Å². The first-order valence-electron chi connectivity index (χ1n) is 8.80. The number of nitro groups is 1. The molecular formula is C19H21N3O6. The summed E-state index contributed by atoms with van der Waals surface area (Å²) in [6.45, 7) is 0.879. The maximum absolute atomic E-state index is 12.9. The maximum atomic E-state index is 12.9. The van der Waals surface area contributed by atoms with E-state index in [1.54, 1.807) is 23.4 Å². The van der Waals surface area contributed by atoms with Crippen LogP contribution < -0.4 is 14.2 Å². The van der Waals surface area contributed by atoms with Gasteiger partial charge in [-0.25, -0.2) is 0 Å². The standard InChI is InChI=1S/C19H21N3O6/c1-26-17-10-15(16(22(24)25)11-18(17)27-2)19(23)21-8-5-13(6-9-21)28-14-4-3-7-20-12-14/h3-4,7,10-13H,5-6,8-9H2,1-2H3. The summed E-state index contributed by atoms with van der Waals surface area (Å²) in [5.41, 5.74) is -0.328. The Bertz CT molecular complexity index is 850. The largest absolute Gasteiger partial charge is 0.493 e. The number of nitro benzene ring substituents is 1. The minimum absolute atomic E-state index is 0.0192. The molecule has 0 radical (unpaired) electrons. The molecule has 0 spiro atoms. The first kappa shape index (κ1) is 19.4. The van der Waals surface area contributed by atoms with Crippen LogP contribution in [0, 0.1) is 10.1 Å². The Morgan fingerprint density at radius 3 is 2.46 bits per heavy atom. The van der Waals surface area contributed by atoms with Gasteiger partial charge in [-0.3, -0.25) is 19.9 Å². The Balaban J connectivity index is 1.73. The number of hydrogen-bond acceptors (Lipinski definition) is 7. The average Bonchev–Trinajstić information content (AvgIpc) is 2.73. The number of aromatic nitrogens is 1. The van der Waals surface area contributed by atoms with Crippen molar-refractivity contribution in [2.75, 3.05) is 27.3 Å². The Morgan fingerprint density at radius 1 is 1.21 bits per heavy atom. The van der Waals surface area contributed by atoms with E-state index >= 15 is 0 Å². The lowest BCUT2D eigenvalue weighted by atomic mass is 10.0. The van der Waals surface area contributed by atoms with Crippen molar-refractivity contribution in [2.24, 2.45) is 0 Å². The number of rotatable bonds is 6. The minimum Gasteiger partial charge on any atom is -0.493 e. The number of benzene rings is 1. The van der Waals surface area contributed by atoms with Gasteiger partial charge in [-0.2, -0.15) is 0 Å². The molecule has 1 aliphatic rings. The van der Waals surface area contributed by atoms with Crippen molar-refractivity contribution in [1.29, 1.82) is 0 Å². The molecule has 3 rings (SSSR count). The molecule has 0 N–H and O–H groups in total. The third-order valence-electron chi connectivity index (χ3n) is 4.60. The molecule has 1 aliphatic heterocycles. The van der Waals surface area contributed by atoms with Crippen molar-refractivity contribution in [3.05, 3.63) is 52.3 Å². The maximum Gasteiger partial charge on any atom is 0.286 e. The fourth-order valence-electron chi connectivity index (χ4n) is 3.15. The molecule has 0 unspecified atom stereocenters. The molecule has 1 fully saturated rings. The molecule has 0 atom stereocenters. The lowest BCUT2D eigenvalue weighted by Crippen LogP contribution is -2.42. The molecule has 1 aromatic carbocycles. The summed E-state index contributed by atoms with van der Waals surface area (Å²) >= 11 is 0. The highest BCUT2D eigenvalue weighted by Crippen LogP contribution is 2.35. The van der Waals surface area contributed by atoms with Gasteiger partial charge in [0.25, 0.3) is 11.6 Å². The van der Waals surface area contributed by atoms with E-state index in [1.807, 2.05) is 6.07 Å². The number of carbonyl (C=O) groups is 1. The summed E-state index contributed by atoms with van der Waals surface area (Å²) < 4.78 is 16.2. The van der Waals surface area contributed by atoms with E-state index in [4.69, 9.17) is 14.2 Å². The Labute approximate surface area is 162 Å². The number of pyridine rings is 1. The number of carbonyl (C=O) groups excluding carboxylic acids is 1. The van der Waals surface area contributed by atoms with Gasteiger partial charge < -0.3 is 19.1 Å². The molecule has 1 amide bonds. The van der Waals surface area contributed by atoms with Crippen molar-refractivity contribution < 1.29 is 23.9 Å². The molecule has 1 aromatic heterocycles. The topological polar surface area (TPSA) is 104 Å². The fraction of sp³-hybridized carbons (Fsp3) is 0.368. The van der Waals surface area contributed by atoms with Crippen LogP contribution in [0.4, 0.5) is 5.69 Å². The number of nitrogens with zero attached hydrogens (tertiary/aromatic N) is 3. The molecule has 28 heavy (non-hydrogen) atoms. The minimum atomic E-state index is -0.590. The number of amides is 1. The zero-order valence-electron chi connectivity index (χ0n) is 15.7. The van der Waals surface area contributed by atoms with Crippen LogP contribution in [0.3, 0.4) is 0 Å². The number of methoxy groups -OCH3 is 2. The lowest BCUT2D eigenvalue weighted by Gasteiger charge is -2.32. The average molecular weight is 387 g/mol. The number of hydrogen-bond donors (Lipinski definition) is 0. The first-order valence-corrected chi connectivity index (χ1v) is 8.80. The summed E-state index contributed by atoms with van der Waals surface area (Å²) in [6, 6.07) is 6.20. The van der Waals surface area contributed by atoms with Crippen LogP contribution in [0.15, 0.2) is 36.7 Å². The van der Waals surface area contributed by atoms with E-state index in [0.717, 1.165) is 0 Å². The predicted molar refractivity (Wildman–Crippen MR) is 100.0 cm³/mol. The molecule has 9 nitrogen and oxygen atoms in total. The van der Waals surface area contributed by atoms with Crippen molar-refractivity contribution in [3.63, 3.8) is 0 Å². The van der Waals surface area contributed by atoms with Crippen LogP contribution in [0.5, 0.6) is 17.2 Å². The quantitative estimate of drug-likeness (QED) is 0.554. The van der Waals surface area contributed by atoms with Crippen LogP contribution in [-0.2, 0) is 0 Å². The van der Waals surface area contributed by atoms with E-state index < -0.39 is 10.8 Å². The highest BCUT2D eigenvalue weighted by atomic mass is 16.6. The van der Waals surface area contributed by atoms with Gasteiger partial charge in [0.05, 0.1) is 31.4 Å². The van der Waals surface area contributed by atoms with Crippen molar-refractivity contribution in [2.45, 2.75) is 18.9 Å². The lowest BCUT2D eigenvalue weighted by molar-refractivity contribution is -0.385. The molecule has 2 aromatic rings. The Hall–Kier alpha value is -3.36. The molecule has 0 aliphatic carbocycles. The van der Waals surface area contributed by atoms with Gasteiger partial charge in [-0.15, -0.1) is 0 Å². The van der Waals surface area contributed by atoms with Gasteiger partial charge in [-0.1, -0.05) is 0 Å². The van der Waals surface area contributed by atoms with E-state index in [0.29, 0.717) is 31.7 Å². The number of piperidine rings is 1. The second-order valence-electron chi connectivity index (χ2n) is 6.28. The molecule has 2 heterocycles. The van der Waals surface area contributed by atoms with Crippen LogP contribution in [0.1, 0.15) is 23.2 Å². The second-order valence-corrected chi connectivity index (χ2v) is 6.28. The summed E-state index contributed by atoms with van der Waals surface area (Å²) in [4.78, 5) is 29.4. The molecule has 148 valence electrons. The second kappa shape index (κ2) is 8.55. The van der Waals surface area contributed by atoms with Crippen molar-refractivity contribution in [1.82, 2.24) is 9.88 Å². The fourth-order valence-corrected chi connectivity index (χ4v) is 3.15. The summed E-state index contributed by atoms with van der Waals surface area (Å²) in [5, 5.41) is 11.4. The van der Waals surface area contributed by atoms with E-state index in [2.05, 4.69) is 4.98 Å². The summed E-state index contributed by atoms with van der Waals surface area (Å²) in [7, 11) is 2.80. The SMILES string of the molecule is COc1cc(C(=O)N2CCC(Oc3cccnc3)CC2)c([N+](=O)[O-])cc1OC. The van der Waals surface area contributed by atoms with Crippen LogP contribution >= 0.6 is 0 Å². The Morgan fingerprint density at radius 2 is 1.89 bits per heavy atom. The van der Waals surface area contributed by atoms with E-state index in [-0.39, 0.29) is 28.9 Å². The monoisotopic (exact) mass is 387 g/mol. The Kier molecular flexibility index (Phi) is 5.93. The number of ether oxygens (including phenoxy) is 3. The summed E-state index contributed by atoms with van der Waals surface area (Å²) in [5.74, 6) is 0.746. The third-order valence-corrected chi connectivity index (χ3v) is 4.60. The van der Waals surface area contributed by atoms with E-state index in [9.17, 15) is 14.9 Å². The van der Waals surface area contributed by atoms with Crippen LogP contribution in [0.25, 0.3) is 0 Å². The molecular weight excluding hydrogens is 366 g/mol. The van der Waals surface area contributed by atoms with Gasteiger partial charge in [-0.05, 0) is 12.1 Å². The third kappa shape index (κ3) is 4.13. The van der Waals surface area contributed by atoms with Gasteiger partial charge in [0.2, 0.25) is 0 Å². The first-order chi connectivity index (χ1) is 13.5. The van der Waals surface area contributed by atoms with Gasteiger partial charge in [0.15, 0.2) is 11.5 Å². The van der Waals surface area contributed by atoms with Gasteiger partial charge in [0.1, 0.15) is 17.4 Å². The summed E-state index contributed by atoms with van der Waals surface area (Å²) in [6.07, 6.45) is 4.53. The highest BCUT2D eigenvalue weighted by molar-refractivity contribution is 5.99. The zero-order valence-corrected chi connectivity index (χ0v) is 15.7. The smallest absolute Gasteiger partial charge is 0.286 e. The van der Waals surface area contributed by atoms with Crippen molar-refractivity contribution in [3.8, 4) is 17.2 Å². The van der Waals surface area contributed by atoms with E-state index in [1.165, 1.54) is 26.4 Å². The molecule has 1 saturated heterocycles. The van der Waals surface area contributed by atoms with Gasteiger partial charge in [0, 0.05) is 38.2 Å². The normalized spacial score (nSPS) is 14.4. The number of likely N-dealkylation sites (tertiary alicyclic amines) is 1. The molecule has 0 saturated carbocycles. The molecule has 9 heteroatoms. The van der Waals surface area contributed by atoms with Crippen LogP contribution in [0.2, 0.25) is 0 Å². The van der Waals surface area contributed by atoms with Crippen LogP contribution in [-0.4, -0.2) is 54.1 Å². The predicted octanol–water partition coefficient (Wildman–Crippen LogP) is 2.69. The zero-order chi connectivity index (χ0) is 20.1. The molecule has 0 bridgehead atoms. The highest BCUT2D eigenvalue weighted by Gasteiger charge is 2.30. The van der Waals surface area contributed by atoms with Crippen molar-refractivity contribution >= 4 is 11.6 Å².